The summed E-state index contributed by atoms with van der Waals surface area (Å²) in [7, 11) is 0. The van der Waals surface area contributed by atoms with Gasteiger partial charge >= 0.3 is 5.97 Å². The highest BCUT2D eigenvalue weighted by Crippen LogP contribution is 2.14. The third-order valence-corrected chi connectivity index (χ3v) is 1.87. The predicted octanol–water partition coefficient (Wildman–Crippen LogP) is 1.38. The normalized spacial score (nSPS) is 9.14. The Balaban J connectivity index is 3.49. The Morgan fingerprint density at radius 1 is 1.57 bits per heavy atom. The van der Waals surface area contributed by atoms with E-state index in [2.05, 4.69) is 0 Å². The molecule has 0 aromatic heterocycles. The Morgan fingerprint density at radius 3 is 2.64 bits per heavy atom. The molecule has 1 rings (SSSR count). The average Bonchev–Trinajstić information content (AvgIpc) is 2.16. The number of hydrogen-bond acceptors (Lipinski definition) is 3. The Kier molecular flexibility index (Phi) is 2.63. The predicted molar refractivity (Wildman–Crippen MR) is 48.2 cm³/mol. The van der Waals surface area contributed by atoms with Crippen LogP contribution in [-0.4, -0.2) is 17.4 Å². The molecule has 0 bridgehead atoms. The summed E-state index contributed by atoms with van der Waals surface area (Å²) >= 11 is 0. The lowest BCUT2D eigenvalue weighted by Crippen LogP contribution is -2.03. The van der Waals surface area contributed by atoms with Gasteiger partial charge in [0.25, 0.3) is 0 Å². The molecular weight excluding hydrogens is 182 g/mol. The van der Waals surface area contributed by atoms with Crippen LogP contribution >= 0.6 is 0 Å². The number of nitriles is 1. The average molecular weight is 189 g/mol. The first kappa shape index (κ1) is 9.93. The highest BCUT2D eigenvalue weighted by atomic mass is 16.4. The van der Waals surface area contributed by atoms with Crippen LogP contribution in [0.2, 0.25) is 0 Å². The number of benzene rings is 1. The molecule has 0 radical (unpaired) electrons. The third-order valence-electron chi connectivity index (χ3n) is 1.87. The molecule has 70 valence electrons. The van der Waals surface area contributed by atoms with Crippen molar-refractivity contribution in [2.45, 2.75) is 6.92 Å². The lowest BCUT2D eigenvalue weighted by atomic mass is 10.0. The lowest BCUT2D eigenvalue weighted by molar-refractivity contribution is 0.0694. The Hall–Kier alpha value is -2.15. The number of hydrogen-bond donors (Lipinski definition) is 1. The molecule has 1 aromatic carbocycles. The fourth-order valence-corrected chi connectivity index (χ4v) is 1.13. The number of aryl methyl sites for hydroxylation is 1. The SMILES string of the molecule is Cc1cc(C=O)c(C(=O)O)cc1C#N. The first-order valence-electron chi connectivity index (χ1n) is 3.83. The molecule has 0 atom stereocenters. The second-order valence-corrected chi connectivity index (χ2v) is 2.79. The monoisotopic (exact) mass is 189 g/mol. The van der Waals surface area contributed by atoms with Crippen molar-refractivity contribution in [2.75, 3.05) is 0 Å². The van der Waals surface area contributed by atoms with Crippen LogP contribution in [0.5, 0.6) is 0 Å². The summed E-state index contributed by atoms with van der Waals surface area (Å²) in [5.74, 6) is -1.20. The van der Waals surface area contributed by atoms with Gasteiger partial charge in [-0.15, -0.1) is 0 Å². The van der Waals surface area contributed by atoms with Crippen LogP contribution in [0.25, 0.3) is 0 Å². The van der Waals surface area contributed by atoms with Gasteiger partial charge in [0.15, 0.2) is 6.29 Å². The fraction of sp³-hybridized carbons (Fsp3) is 0.100. The maximum Gasteiger partial charge on any atom is 0.336 e. The highest BCUT2D eigenvalue weighted by Gasteiger charge is 2.12. The molecule has 0 saturated heterocycles. The van der Waals surface area contributed by atoms with E-state index in [-0.39, 0.29) is 16.7 Å². The van der Waals surface area contributed by atoms with Crippen LogP contribution in [-0.2, 0) is 0 Å². The van der Waals surface area contributed by atoms with Crippen LogP contribution in [0.4, 0.5) is 0 Å². The molecule has 1 aromatic rings. The molecule has 0 amide bonds. The molecule has 4 nitrogen and oxygen atoms in total. The summed E-state index contributed by atoms with van der Waals surface area (Å²) < 4.78 is 0. The van der Waals surface area contributed by atoms with Crippen molar-refractivity contribution >= 4 is 12.3 Å². The Bertz CT molecular complexity index is 443. The lowest BCUT2D eigenvalue weighted by Gasteiger charge is -2.02. The second-order valence-electron chi connectivity index (χ2n) is 2.79. The first-order chi connectivity index (χ1) is 6.60. The van der Waals surface area contributed by atoms with Crippen molar-refractivity contribution in [2.24, 2.45) is 0 Å². The van der Waals surface area contributed by atoms with Gasteiger partial charge in [0.1, 0.15) is 0 Å². The zero-order valence-electron chi connectivity index (χ0n) is 7.44. The van der Waals surface area contributed by atoms with Crippen LogP contribution in [0.1, 0.15) is 31.8 Å². The molecule has 1 N–H and O–H groups in total. The van der Waals surface area contributed by atoms with E-state index in [4.69, 9.17) is 10.4 Å². The van der Waals surface area contributed by atoms with E-state index in [0.717, 1.165) is 0 Å². The minimum absolute atomic E-state index is 0.0917. The molecule has 0 saturated carbocycles. The van der Waals surface area contributed by atoms with Crippen molar-refractivity contribution in [1.82, 2.24) is 0 Å². The molecule has 0 aliphatic rings. The number of aromatic carboxylic acids is 1. The molecule has 0 spiro atoms. The van der Waals surface area contributed by atoms with Crippen molar-refractivity contribution in [3.8, 4) is 6.07 Å². The summed E-state index contributed by atoms with van der Waals surface area (Å²) in [6.45, 7) is 1.65. The van der Waals surface area contributed by atoms with Gasteiger partial charge in [-0.25, -0.2) is 4.79 Å². The van der Waals surface area contributed by atoms with Crippen molar-refractivity contribution in [3.05, 3.63) is 34.4 Å². The smallest absolute Gasteiger partial charge is 0.336 e. The first-order valence-corrected chi connectivity index (χ1v) is 3.83. The number of aldehydes is 1. The van der Waals surface area contributed by atoms with Crippen molar-refractivity contribution in [1.29, 1.82) is 5.26 Å². The van der Waals surface area contributed by atoms with E-state index in [9.17, 15) is 9.59 Å². The van der Waals surface area contributed by atoms with E-state index in [0.29, 0.717) is 11.8 Å². The van der Waals surface area contributed by atoms with E-state index in [1.807, 2.05) is 6.07 Å². The third kappa shape index (κ3) is 1.62. The summed E-state index contributed by atoms with van der Waals surface area (Å²) in [5.41, 5.74) is 0.823. The number of carbonyl (C=O) groups is 2. The van der Waals surface area contributed by atoms with Gasteiger partial charge in [0, 0.05) is 5.56 Å². The summed E-state index contributed by atoms with van der Waals surface area (Å²) in [4.78, 5) is 21.2. The topological polar surface area (TPSA) is 78.2 Å². The maximum absolute atomic E-state index is 10.7. The Morgan fingerprint density at radius 2 is 2.21 bits per heavy atom. The number of carbonyl (C=O) groups excluding carboxylic acids is 1. The fourth-order valence-electron chi connectivity index (χ4n) is 1.13. The highest BCUT2D eigenvalue weighted by molar-refractivity contribution is 5.97. The van der Waals surface area contributed by atoms with Crippen molar-refractivity contribution in [3.63, 3.8) is 0 Å². The molecule has 0 aliphatic carbocycles. The van der Waals surface area contributed by atoms with Gasteiger partial charge in [-0.3, -0.25) is 4.79 Å². The van der Waals surface area contributed by atoms with Crippen LogP contribution < -0.4 is 0 Å². The standard InChI is InChI=1S/C10H7NO3/c1-6-2-8(5-12)9(10(13)14)3-7(6)4-11/h2-3,5H,1H3,(H,13,14). The molecule has 14 heavy (non-hydrogen) atoms. The van der Waals surface area contributed by atoms with Gasteiger partial charge in [-0.1, -0.05) is 0 Å². The largest absolute Gasteiger partial charge is 0.478 e. The van der Waals surface area contributed by atoms with Gasteiger partial charge < -0.3 is 5.11 Å². The second kappa shape index (κ2) is 3.71. The van der Waals surface area contributed by atoms with Crippen LogP contribution in [0.15, 0.2) is 12.1 Å². The van der Waals surface area contributed by atoms with Crippen LogP contribution in [0.3, 0.4) is 0 Å². The van der Waals surface area contributed by atoms with Gasteiger partial charge in [-0.05, 0) is 24.6 Å². The zero-order chi connectivity index (χ0) is 10.7. The molecule has 0 unspecified atom stereocenters. The minimum Gasteiger partial charge on any atom is -0.478 e. The minimum atomic E-state index is -1.20. The zero-order valence-corrected chi connectivity index (χ0v) is 7.44. The van der Waals surface area contributed by atoms with Gasteiger partial charge in [-0.2, -0.15) is 5.26 Å². The van der Waals surface area contributed by atoms with E-state index < -0.39 is 5.97 Å². The molecule has 0 fully saturated rings. The van der Waals surface area contributed by atoms with E-state index in [1.54, 1.807) is 6.92 Å². The van der Waals surface area contributed by atoms with E-state index in [1.165, 1.54) is 12.1 Å². The molecular formula is C10H7NO3. The number of carboxylic acids is 1. The number of nitrogens with zero attached hydrogens (tertiary/aromatic N) is 1. The van der Waals surface area contributed by atoms with Gasteiger partial charge in [0.05, 0.1) is 17.2 Å². The number of carboxylic acid groups (broad SMARTS) is 1. The molecule has 0 heterocycles. The summed E-state index contributed by atoms with van der Waals surface area (Å²) in [6, 6.07) is 4.47. The molecule has 0 aliphatic heterocycles. The summed E-state index contributed by atoms with van der Waals surface area (Å²) in [5, 5.41) is 17.4. The van der Waals surface area contributed by atoms with Crippen molar-refractivity contribution < 1.29 is 14.7 Å². The van der Waals surface area contributed by atoms with Gasteiger partial charge in [0.2, 0.25) is 0 Å². The Labute approximate surface area is 80.4 Å². The molecule has 4 heteroatoms. The summed E-state index contributed by atoms with van der Waals surface area (Å²) in [6.07, 6.45) is 0.470. The van der Waals surface area contributed by atoms with Crippen LogP contribution in [0, 0.1) is 18.3 Å². The van der Waals surface area contributed by atoms with E-state index >= 15 is 0 Å². The number of rotatable bonds is 2. The maximum atomic E-state index is 10.7. The quantitative estimate of drug-likeness (QED) is 0.713.